The van der Waals surface area contributed by atoms with Crippen molar-refractivity contribution in [2.45, 2.75) is 32.4 Å². The van der Waals surface area contributed by atoms with E-state index in [1.54, 1.807) is 13.0 Å². The van der Waals surface area contributed by atoms with Gasteiger partial charge in [0.2, 0.25) is 0 Å². The van der Waals surface area contributed by atoms with Crippen molar-refractivity contribution in [1.82, 2.24) is 0 Å². The lowest BCUT2D eigenvalue weighted by molar-refractivity contribution is -0.917. The molecule has 0 radical (unpaired) electrons. The predicted octanol–water partition coefficient (Wildman–Crippen LogP) is 1.79. The number of phenolic OH excluding ortho intramolecular Hbond substituents is 2. The third-order valence-electron chi connectivity index (χ3n) is 3.71. The molecule has 0 aliphatic heterocycles. The van der Waals surface area contributed by atoms with Gasteiger partial charge >= 0.3 is 0 Å². The first-order chi connectivity index (χ1) is 8.06. The summed E-state index contributed by atoms with van der Waals surface area (Å²) >= 11 is 0. The van der Waals surface area contributed by atoms with Crippen molar-refractivity contribution < 1.29 is 19.8 Å². The van der Waals surface area contributed by atoms with Crippen molar-refractivity contribution in [3.63, 3.8) is 0 Å². The van der Waals surface area contributed by atoms with Gasteiger partial charge in [0.15, 0.2) is 11.5 Å². The van der Waals surface area contributed by atoms with E-state index in [0.717, 1.165) is 0 Å². The fraction of sp³-hybridized carbons (Fsp3) is 0.571. The lowest BCUT2D eigenvalue weighted by Crippen LogP contribution is -2.53. The third-order valence-corrected chi connectivity index (χ3v) is 3.71. The van der Waals surface area contributed by atoms with Crippen LogP contribution in [-0.2, 0) is 5.60 Å². The van der Waals surface area contributed by atoms with E-state index in [1.807, 2.05) is 0 Å². The molecular weight excluding hydrogens is 230 g/mol. The van der Waals surface area contributed by atoms with E-state index >= 15 is 0 Å². The molecule has 1 atom stereocenters. The number of aliphatic hydroxyl groups is 1. The molecule has 0 amide bonds. The van der Waals surface area contributed by atoms with Crippen LogP contribution in [0, 0.1) is 0 Å². The van der Waals surface area contributed by atoms with Gasteiger partial charge in [-0.05, 0) is 38.5 Å². The highest BCUT2D eigenvalue weighted by atomic mass is 16.3. The van der Waals surface area contributed by atoms with E-state index in [2.05, 4.69) is 27.9 Å². The van der Waals surface area contributed by atoms with Crippen LogP contribution < -0.4 is 0 Å². The zero-order valence-electron chi connectivity index (χ0n) is 11.8. The molecule has 0 saturated carbocycles. The van der Waals surface area contributed by atoms with E-state index in [9.17, 15) is 15.3 Å². The van der Waals surface area contributed by atoms with Crippen LogP contribution in [0.3, 0.4) is 0 Å². The summed E-state index contributed by atoms with van der Waals surface area (Å²) in [5.41, 5.74) is -0.455. The molecular formula is C14H24NO3+. The molecule has 0 saturated heterocycles. The van der Waals surface area contributed by atoms with Crippen molar-refractivity contribution in [2.75, 3.05) is 20.6 Å². The van der Waals surface area contributed by atoms with Crippen LogP contribution in [0.25, 0.3) is 0 Å². The molecule has 0 aliphatic rings. The first-order valence-electron chi connectivity index (χ1n) is 6.14. The molecule has 1 aromatic rings. The zero-order chi connectivity index (χ0) is 14.1. The van der Waals surface area contributed by atoms with Gasteiger partial charge in [0, 0.05) is 0 Å². The van der Waals surface area contributed by atoms with Crippen molar-refractivity contribution >= 4 is 0 Å². The lowest BCUT2D eigenvalue weighted by atomic mass is 9.93. The summed E-state index contributed by atoms with van der Waals surface area (Å²) in [4.78, 5) is 0. The largest absolute Gasteiger partial charge is 0.504 e. The molecule has 1 rings (SSSR count). The minimum atomic E-state index is -1.06. The molecule has 0 aromatic heterocycles. The van der Waals surface area contributed by atoms with Gasteiger partial charge in [-0.1, -0.05) is 6.07 Å². The zero-order valence-corrected chi connectivity index (χ0v) is 11.8. The molecule has 1 unspecified atom stereocenters. The highest BCUT2D eigenvalue weighted by Crippen LogP contribution is 2.32. The Morgan fingerprint density at radius 3 is 2.17 bits per heavy atom. The van der Waals surface area contributed by atoms with Crippen molar-refractivity contribution in [3.8, 4) is 11.5 Å². The minimum Gasteiger partial charge on any atom is -0.504 e. The molecule has 0 fully saturated rings. The van der Waals surface area contributed by atoms with E-state index in [1.165, 1.54) is 12.1 Å². The Hall–Kier alpha value is -1.26. The number of benzene rings is 1. The fourth-order valence-electron chi connectivity index (χ4n) is 1.93. The molecule has 0 aliphatic carbocycles. The second-order valence-electron chi connectivity index (χ2n) is 6.01. The Balaban J connectivity index is 3.02. The third kappa shape index (κ3) is 3.15. The van der Waals surface area contributed by atoms with Crippen LogP contribution in [0.15, 0.2) is 18.2 Å². The first kappa shape index (κ1) is 14.8. The predicted molar refractivity (Wildman–Crippen MR) is 71.5 cm³/mol. The molecule has 18 heavy (non-hydrogen) atoms. The standard InChI is InChI=1S/C14H23NO3/c1-10(2)15(4,5)9-14(3,18)11-6-7-12(16)13(17)8-11/h6-8,10,18H,9H2,1-5H3,(H-,16,17)/p+1. The van der Waals surface area contributed by atoms with Crippen LogP contribution in [0.5, 0.6) is 11.5 Å². The van der Waals surface area contributed by atoms with Gasteiger partial charge < -0.3 is 19.8 Å². The van der Waals surface area contributed by atoms with Gasteiger partial charge in [-0.15, -0.1) is 0 Å². The maximum atomic E-state index is 10.6. The van der Waals surface area contributed by atoms with Gasteiger partial charge in [0.25, 0.3) is 0 Å². The summed E-state index contributed by atoms with van der Waals surface area (Å²) in [6.45, 7) is 6.45. The Kier molecular flexibility index (Phi) is 3.93. The molecule has 0 heterocycles. The lowest BCUT2D eigenvalue weighted by Gasteiger charge is -2.40. The highest BCUT2D eigenvalue weighted by molar-refractivity contribution is 5.42. The van der Waals surface area contributed by atoms with Crippen LogP contribution >= 0.6 is 0 Å². The van der Waals surface area contributed by atoms with Crippen molar-refractivity contribution in [1.29, 1.82) is 0 Å². The average molecular weight is 254 g/mol. The number of aromatic hydroxyl groups is 2. The van der Waals surface area contributed by atoms with E-state index in [-0.39, 0.29) is 11.5 Å². The number of hydrogen-bond acceptors (Lipinski definition) is 3. The fourth-order valence-corrected chi connectivity index (χ4v) is 1.93. The van der Waals surface area contributed by atoms with Gasteiger partial charge in [-0.3, -0.25) is 0 Å². The second kappa shape index (κ2) is 4.78. The van der Waals surface area contributed by atoms with Crippen molar-refractivity contribution in [3.05, 3.63) is 23.8 Å². The molecule has 1 aromatic carbocycles. The molecule has 4 nitrogen and oxygen atoms in total. The minimum absolute atomic E-state index is 0.174. The molecule has 4 heteroatoms. The summed E-state index contributed by atoms with van der Waals surface area (Å²) in [5, 5.41) is 29.4. The smallest absolute Gasteiger partial charge is 0.157 e. The molecule has 0 spiro atoms. The van der Waals surface area contributed by atoms with Gasteiger partial charge in [-0.2, -0.15) is 0 Å². The van der Waals surface area contributed by atoms with E-state index in [0.29, 0.717) is 22.6 Å². The number of phenols is 2. The number of nitrogens with zero attached hydrogens (tertiary/aromatic N) is 1. The summed E-state index contributed by atoms with van der Waals surface area (Å²) in [5.74, 6) is -0.380. The van der Waals surface area contributed by atoms with E-state index in [4.69, 9.17) is 0 Å². The highest BCUT2D eigenvalue weighted by Gasteiger charge is 2.34. The Labute approximate surface area is 109 Å². The van der Waals surface area contributed by atoms with Crippen LogP contribution in [0.1, 0.15) is 26.3 Å². The summed E-state index contributed by atoms with van der Waals surface area (Å²) in [6, 6.07) is 4.82. The molecule has 0 bridgehead atoms. The summed E-state index contributed by atoms with van der Waals surface area (Å²) in [7, 11) is 4.11. The maximum Gasteiger partial charge on any atom is 0.157 e. The normalized spacial score (nSPS) is 15.7. The monoisotopic (exact) mass is 254 g/mol. The average Bonchev–Trinajstić information content (AvgIpc) is 2.20. The summed E-state index contributed by atoms with van der Waals surface area (Å²) in [6.07, 6.45) is 0. The molecule has 102 valence electrons. The Morgan fingerprint density at radius 1 is 1.17 bits per heavy atom. The van der Waals surface area contributed by atoms with Gasteiger partial charge in [0.1, 0.15) is 12.1 Å². The molecule has 3 N–H and O–H groups in total. The Bertz CT molecular complexity index is 425. The van der Waals surface area contributed by atoms with Crippen LogP contribution in [0.2, 0.25) is 0 Å². The SMILES string of the molecule is CC(C)[N+](C)(C)CC(C)(O)c1ccc(O)c(O)c1. The number of rotatable bonds is 4. The quantitative estimate of drug-likeness (QED) is 0.567. The van der Waals surface area contributed by atoms with Crippen molar-refractivity contribution in [2.24, 2.45) is 0 Å². The Morgan fingerprint density at radius 2 is 1.72 bits per heavy atom. The summed E-state index contributed by atoms with van der Waals surface area (Å²) < 4.78 is 0.661. The van der Waals surface area contributed by atoms with Crippen LogP contribution in [0.4, 0.5) is 0 Å². The topological polar surface area (TPSA) is 60.7 Å². The number of quaternary nitrogens is 1. The number of hydrogen-bond donors (Lipinski definition) is 3. The second-order valence-corrected chi connectivity index (χ2v) is 6.01. The number of likely N-dealkylation sites (N-methyl/N-ethyl adjacent to an activating group) is 1. The first-order valence-corrected chi connectivity index (χ1v) is 6.14. The van der Waals surface area contributed by atoms with Gasteiger partial charge in [-0.25, -0.2) is 0 Å². The maximum absolute atomic E-state index is 10.6. The van der Waals surface area contributed by atoms with Gasteiger partial charge in [0.05, 0.1) is 20.1 Å². The van der Waals surface area contributed by atoms with Crippen LogP contribution in [-0.4, -0.2) is 46.5 Å². The van der Waals surface area contributed by atoms with E-state index < -0.39 is 5.60 Å².